The molecule has 2 aromatic carbocycles. The average Bonchev–Trinajstić information content (AvgIpc) is 3.23. The number of hydrogen-bond acceptors (Lipinski definition) is 4. The van der Waals surface area contributed by atoms with Crippen molar-refractivity contribution in [1.29, 1.82) is 0 Å². The lowest BCUT2D eigenvalue weighted by molar-refractivity contribution is -0.128. The summed E-state index contributed by atoms with van der Waals surface area (Å²) < 4.78 is 0. The molecule has 0 bridgehead atoms. The number of nitrogens with zero attached hydrogens (tertiary/aromatic N) is 3. The molecule has 176 valence electrons. The van der Waals surface area contributed by atoms with Crippen LogP contribution in [0.5, 0.6) is 0 Å². The normalized spacial score (nSPS) is 19.6. The molecule has 33 heavy (non-hydrogen) atoms. The van der Waals surface area contributed by atoms with Crippen LogP contribution in [0.1, 0.15) is 36.4 Å². The Morgan fingerprint density at radius 3 is 2.55 bits per heavy atom. The van der Waals surface area contributed by atoms with Gasteiger partial charge in [-0.2, -0.15) is 0 Å². The number of likely N-dealkylation sites (N-methyl/N-ethyl adjacent to an activating group) is 1. The van der Waals surface area contributed by atoms with E-state index in [4.69, 9.17) is 0 Å². The lowest BCUT2D eigenvalue weighted by Gasteiger charge is -2.40. The number of anilines is 1. The summed E-state index contributed by atoms with van der Waals surface area (Å²) in [6, 6.07) is 18.6. The van der Waals surface area contributed by atoms with Crippen LogP contribution in [0, 0.1) is 0 Å². The van der Waals surface area contributed by atoms with Gasteiger partial charge in [0.2, 0.25) is 5.91 Å². The number of benzene rings is 2. The van der Waals surface area contributed by atoms with Crippen LogP contribution in [-0.4, -0.2) is 73.0 Å². The van der Waals surface area contributed by atoms with E-state index in [1.165, 1.54) is 5.56 Å². The standard InChI is InChI=1S/C26H35N5O2/c1-29-17-18-30(24(20-29)22-7-3-2-4-8-22)16-6-14-27-26(33)28-23-12-10-21(11-13-23)19-31-15-5-9-25(31)32/h2-4,7-8,10-13,24H,5-6,9,14-20H2,1H3,(H2,27,28,33). The number of carbonyl (C=O) groups excluding carboxylic acids is 2. The van der Waals surface area contributed by atoms with Gasteiger partial charge in [0, 0.05) is 64.0 Å². The van der Waals surface area contributed by atoms with Crippen molar-refractivity contribution in [3.8, 4) is 0 Å². The second-order valence-corrected chi connectivity index (χ2v) is 9.07. The van der Waals surface area contributed by atoms with Gasteiger partial charge in [0.25, 0.3) is 0 Å². The number of piperazine rings is 1. The fourth-order valence-corrected chi connectivity index (χ4v) is 4.66. The number of likely N-dealkylation sites (tertiary alicyclic amines) is 1. The van der Waals surface area contributed by atoms with E-state index in [0.29, 0.717) is 25.6 Å². The molecule has 2 aliphatic rings. The first-order valence-electron chi connectivity index (χ1n) is 12.0. The predicted octanol–water partition coefficient (Wildman–Crippen LogP) is 3.31. The van der Waals surface area contributed by atoms with Crippen LogP contribution < -0.4 is 10.6 Å². The van der Waals surface area contributed by atoms with Gasteiger partial charge in [-0.15, -0.1) is 0 Å². The number of rotatable bonds is 8. The molecule has 2 N–H and O–H groups in total. The Labute approximate surface area is 196 Å². The Morgan fingerprint density at radius 2 is 1.82 bits per heavy atom. The van der Waals surface area contributed by atoms with Gasteiger partial charge >= 0.3 is 6.03 Å². The average molecular weight is 450 g/mol. The number of carbonyl (C=O) groups is 2. The van der Waals surface area contributed by atoms with Gasteiger partial charge < -0.3 is 20.4 Å². The van der Waals surface area contributed by atoms with Crippen molar-refractivity contribution >= 4 is 17.6 Å². The molecule has 0 aromatic heterocycles. The molecule has 0 aliphatic carbocycles. The van der Waals surface area contributed by atoms with Crippen molar-refractivity contribution in [2.75, 3.05) is 51.6 Å². The van der Waals surface area contributed by atoms with Gasteiger partial charge in [-0.05, 0) is 43.1 Å². The zero-order valence-corrected chi connectivity index (χ0v) is 19.5. The Kier molecular flexibility index (Phi) is 7.96. The van der Waals surface area contributed by atoms with E-state index in [9.17, 15) is 9.59 Å². The lowest BCUT2D eigenvalue weighted by Crippen LogP contribution is -2.47. The third-order valence-electron chi connectivity index (χ3n) is 6.54. The van der Waals surface area contributed by atoms with E-state index in [1.54, 1.807) is 0 Å². The summed E-state index contributed by atoms with van der Waals surface area (Å²) >= 11 is 0. The van der Waals surface area contributed by atoms with E-state index in [1.807, 2.05) is 29.2 Å². The van der Waals surface area contributed by atoms with Crippen LogP contribution >= 0.6 is 0 Å². The number of urea groups is 1. The van der Waals surface area contributed by atoms with Crippen molar-refractivity contribution in [2.45, 2.75) is 31.8 Å². The third-order valence-corrected chi connectivity index (χ3v) is 6.54. The number of nitrogens with one attached hydrogen (secondary N) is 2. The molecule has 7 nitrogen and oxygen atoms in total. The molecule has 0 spiro atoms. The summed E-state index contributed by atoms with van der Waals surface area (Å²) in [5.74, 6) is 0.225. The van der Waals surface area contributed by atoms with Crippen molar-refractivity contribution in [1.82, 2.24) is 20.0 Å². The minimum Gasteiger partial charge on any atom is -0.338 e. The maximum atomic E-state index is 12.3. The molecule has 2 heterocycles. The first-order valence-corrected chi connectivity index (χ1v) is 12.0. The van der Waals surface area contributed by atoms with E-state index < -0.39 is 0 Å². The molecule has 1 atom stereocenters. The van der Waals surface area contributed by atoms with Crippen molar-refractivity contribution in [3.05, 3.63) is 65.7 Å². The Balaban J connectivity index is 1.19. The van der Waals surface area contributed by atoms with E-state index in [-0.39, 0.29) is 11.9 Å². The molecule has 2 aliphatic heterocycles. The van der Waals surface area contributed by atoms with Crippen LogP contribution in [0.4, 0.5) is 10.5 Å². The molecular weight excluding hydrogens is 414 g/mol. The minimum absolute atomic E-state index is 0.185. The van der Waals surface area contributed by atoms with Gasteiger partial charge in [-0.25, -0.2) is 4.79 Å². The van der Waals surface area contributed by atoms with Crippen molar-refractivity contribution < 1.29 is 9.59 Å². The SMILES string of the molecule is CN1CCN(CCCNC(=O)Nc2ccc(CN3CCCC3=O)cc2)C(c2ccccc2)C1. The van der Waals surface area contributed by atoms with Crippen LogP contribution in [0.2, 0.25) is 0 Å². The molecule has 3 amide bonds. The Hall–Kier alpha value is -2.90. The van der Waals surface area contributed by atoms with Crippen molar-refractivity contribution in [2.24, 2.45) is 0 Å². The number of hydrogen-bond donors (Lipinski definition) is 2. The zero-order chi connectivity index (χ0) is 23.0. The molecule has 4 rings (SSSR count). The Morgan fingerprint density at radius 1 is 1.03 bits per heavy atom. The highest BCUT2D eigenvalue weighted by Gasteiger charge is 2.26. The highest BCUT2D eigenvalue weighted by Crippen LogP contribution is 2.24. The quantitative estimate of drug-likeness (QED) is 0.607. The zero-order valence-electron chi connectivity index (χ0n) is 19.5. The monoisotopic (exact) mass is 449 g/mol. The van der Waals surface area contributed by atoms with Crippen LogP contribution in [0.15, 0.2) is 54.6 Å². The molecule has 2 saturated heterocycles. The molecular formula is C26H35N5O2. The van der Waals surface area contributed by atoms with Gasteiger partial charge in [-0.3, -0.25) is 9.69 Å². The summed E-state index contributed by atoms with van der Waals surface area (Å²) in [6.45, 7) is 6.20. The third kappa shape index (κ3) is 6.55. The summed E-state index contributed by atoms with van der Waals surface area (Å²) in [5, 5.41) is 5.87. The second-order valence-electron chi connectivity index (χ2n) is 9.07. The Bertz CT molecular complexity index is 918. The highest BCUT2D eigenvalue weighted by atomic mass is 16.2. The maximum Gasteiger partial charge on any atom is 0.319 e. The highest BCUT2D eigenvalue weighted by molar-refractivity contribution is 5.89. The first kappa shape index (κ1) is 23.3. The summed E-state index contributed by atoms with van der Waals surface area (Å²) in [6.07, 6.45) is 2.51. The molecule has 7 heteroatoms. The lowest BCUT2D eigenvalue weighted by atomic mass is 10.0. The van der Waals surface area contributed by atoms with E-state index >= 15 is 0 Å². The van der Waals surface area contributed by atoms with Crippen LogP contribution in [0.25, 0.3) is 0 Å². The van der Waals surface area contributed by atoms with E-state index in [0.717, 1.165) is 56.8 Å². The first-order chi connectivity index (χ1) is 16.1. The minimum atomic E-state index is -0.185. The van der Waals surface area contributed by atoms with Crippen LogP contribution in [-0.2, 0) is 11.3 Å². The smallest absolute Gasteiger partial charge is 0.319 e. The summed E-state index contributed by atoms with van der Waals surface area (Å²) in [7, 11) is 2.18. The van der Waals surface area contributed by atoms with Gasteiger partial charge in [-0.1, -0.05) is 42.5 Å². The fourth-order valence-electron chi connectivity index (χ4n) is 4.66. The number of amides is 3. The second kappa shape index (κ2) is 11.3. The van der Waals surface area contributed by atoms with Crippen molar-refractivity contribution in [3.63, 3.8) is 0 Å². The van der Waals surface area contributed by atoms with Crippen LogP contribution in [0.3, 0.4) is 0 Å². The van der Waals surface area contributed by atoms with Gasteiger partial charge in [0.05, 0.1) is 0 Å². The van der Waals surface area contributed by atoms with E-state index in [2.05, 4.69) is 57.8 Å². The summed E-state index contributed by atoms with van der Waals surface area (Å²) in [5.41, 5.74) is 3.19. The molecule has 2 fully saturated rings. The molecule has 0 radical (unpaired) electrons. The largest absolute Gasteiger partial charge is 0.338 e. The summed E-state index contributed by atoms with van der Waals surface area (Å²) in [4.78, 5) is 30.9. The topological polar surface area (TPSA) is 67.9 Å². The van der Waals surface area contributed by atoms with Gasteiger partial charge in [0.15, 0.2) is 0 Å². The maximum absolute atomic E-state index is 12.3. The predicted molar refractivity (Wildman–Crippen MR) is 131 cm³/mol. The molecule has 0 saturated carbocycles. The van der Waals surface area contributed by atoms with Gasteiger partial charge in [0.1, 0.15) is 0 Å². The molecule has 1 unspecified atom stereocenters. The molecule has 2 aromatic rings. The fraction of sp³-hybridized carbons (Fsp3) is 0.462.